The lowest BCUT2D eigenvalue weighted by Gasteiger charge is -2.06. The third-order valence-corrected chi connectivity index (χ3v) is 3.94. The molecule has 1 fully saturated rings. The molecule has 2 atom stereocenters. The fraction of sp³-hybridized carbons (Fsp3) is 1.00. The number of rotatable bonds is 14. The molecular formula is C15H42N4. The molecule has 0 amide bonds. The van der Waals surface area contributed by atoms with Crippen molar-refractivity contribution in [3.63, 3.8) is 0 Å². The Bertz CT molecular complexity index is 194. The van der Waals surface area contributed by atoms with Crippen LogP contribution in [0.4, 0.5) is 0 Å². The van der Waals surface area contributed by atoms with Gasteiger partial charge in [-0.3, -0.25) is 0 Å². The fourth-order valence-electron chi connectivity index (χ4n) is 2.49. The van der Waals surface area contributed by atoms with Crippen molar-refractivity contribution in [1.29, 1.82) is 0 Å². The molecule has 0 saturated heterocycles. The average Bonchev–Trinajstić information content (AvgIpc) is 3.16. The SMILES string of the molecule is CNCCCCNC[C@H]1C[C@@H]1CNCCCCNC.[HH].[HH].[HH].[HH]. The van der Waals surface area contributed by atoms with Crippen molar-refractivity contribution in [2.75, 3.05) is 53.4 Å². The lowest BCUT2D eigenvalue weighted by Crippen LogP contribution is -2.23. The van der Waals surface area contributed by atoms with Gasteiger partial charge in [0.1, 0.15) is 0 Å². The molecule has 1 aliphatic rings. The molecule has 1 saturated carbocycles. The van der Waals surface area contributed by atoms with Crippen LogP contribution in [0.3, 0.4) is 0 Å². The maximum Gasteiger partial charge on any atom is 0 e. The van der Waals surface area contributed by atoms with Gasteiger partial charge >= 0.3 is 0 Å². The Kier molecular flexibility index (Phi) is 10.4. The molecule has 0 radical (unpaired) electrons. The average molecular weight is 279 g/mol. The zero-order valence-electron chi connectivity index (χ0n) is 12.9. The van der Waals surface area contributed by atoms with Gasteiger partial charge in [-0.1, -0.05) is 0 Å². The van der Waals surface area contributed by atoms with Crippen molar-refractivity contribution in [2.45, 2.75) is 32.1 Å². The molecule has 4 nitrogen and oxygen atoms in total. The number of hydrogen-bond acceptors (Lipinski definition) is 4. The maximum atomic E-state index is 3.59. The monoisotopic (exact) mass is 278 g/mol. The fourth-order valence-corrected chi connectivity index (χ4v) is 2.49. The largest absolute Gasteiger partial charge is 0.320 e. The van der Waals surface area contributed by atoms with Crippen molar-refractivity contribution in [2.24, 2.45) is 11.8 Å². The molecule has 19 heavy (non-hydrogen) atoms. The summed E-state index contributed by atoms with van der Waals surface area (Å²) in [5.74, 6) is 1.88. The summed E-state index contributed by atoms with van der Waals surface area (Å²) in [6, 6.07) is 0. The second-order valence-corrected chi connectivity index (χ2v) is 5.79. The van der Waals surface area contributed by atoms with Gasteiger partial charge in [0.25, 0.3) is 0 Å². The Labute approximate surface area is 125 Å². The maximum absolute atomic E-state index is 3.59. The molecule has 1 aliphatic carbocycles. The summed E-state index contributed by atoms with van der Waals surface area (Å²) in [6.07, 6.45) is 6.58. The topological polar surface area (TPSA) is 48.1 Å². The van der Waals surface area contributed by atoms with Crippen molar-refractivity contribution in [3.05, 3.63) is 0 Å². The Balaban J connectivity index is -0.000000451. The Morgan fingerprint density at radius 1 is 0.737 bits per heavy atom. The van der Waals surface area contributed by atoms with Gasteiger partial charge in [0, 0.05) is 5.71 Å². The first-order valence-electron chi connectivity index (χ1n) is 8.09. The molecule has 0 aromatic rings. The number of hydrogen-bond donors (Lipinski definition) is 4. The number of unbranched alkanes of at least 4 members (excludes halogenated alkanes) is 2. The van der Waals surface area contributed by atoms with E-state index in [2.05, 4.69) is 21.3 Å². The highest BCUT2D eigenvalue weighted by atomic mass is 14.9. The van der Waals surface area contributed by atoms with E-state index in [0.29, 0.717) is 0 Å². The third-order valence-electron chi connectivity index (χ3n) is 3.94. The van der Waals surface area contributed by atoms with Crippen molar-refractivity contribution in [3.8, 4) is 0 Å². The van der Waals surface area contributed by atoms with Crippen molar-refractivity contribution >= 4 is 0 Å². The van der Waals surface area contributed by atoms with Crippen LogP contribution in [-0.2, 0) is 0 Å². The Morgan fingerprint density at radius 2 is 1.16 bits per heavy atom. The second kappa shape index (κ2) is 11.6. The molecule has 0 spiro atoms. The minimum absolute atomic E-state index is 0. The molecule has 4 N–H and O–H groups in total. The van der Waals surface area contributed by atoms with Crippen LogP contribution in [-0.4, -0.2) is 53.4 Å². The predicted octanol–water partition coefficient (Wildman–Crippen LogP) is 1.78. The lowest BCUT2D eigenvalue weighted by atomic mass is 10.2. The van der Waals surface area contributed by atoms with Crippen molar-refractivity contribution in [1.82, 2.24) is 21.3 Å². The highest BCUT2D eigenvalue weighted by Gasteiger charge is 2.35. The summed E-state index contributed by atoms with van der Waals surface area (Å²) >= 11 is 0. The summed E-state index contributed by atoms with van der Waals surface area (Å²) < 4.78 is 0. The summed E-state index contributed by atoms with van der Waals surface area (Å²) in [7, 11) is 4.04. The Hall–Kier alpha value is -0.160. The van der Waals surface area contributed by atoms with Crippen LogP contribution in [0.5, 0.6) is 0 Å². The summed E-state index contributed by atoms with van der Waals surface area (Å²) in [5, 5.41) is 13.6. The molecule has 122 valence electrons. The first-order valence-corrected chi connectivity index (χ1v) is 8.09. The van der Waals surface area contributed by atoms with Crippen LogP contribution in [0.25, 0.3) is 0 Å². The van der Waals surface area contributed by atoms with Crippen LogP contribution < -0.4 is 21.3 Å². The van der Waals surface area contributed by atoms with E-state index >= 15 is 0 Å². The van der Waals surface area contributed by atoms with E-state index in [1.165, 1.54) is 58.3 Å². The van der Waals surface area contributed by atoms with E-state index < -0.39 is 0 Å². The molecule has 0 heterocycles. The van der Waals surface area contributed by atoms with E-state index in [1.54, 1.807) is 0 Å². The van der Waals surface area contributed by atoms with E-state index in [-0.39, 0.29) is 5.71 Å². The molecule has 4 heteroatoms. The van der Waals surface area contributed by atoms with Gasteiger partial charge in [0.15, 0.2) is 0 Å². The summed E-state index contributed by atoms with van der Waals surface area (Å²) in [5.41, 5.74) is 0. The molecule has 0 aromatic carbocycles. The zero-order chi connectivity index (χ0) is 13.8. The smallest absolute Gasteiger partial charge is 0 e. The molecule has 0 unspecified atom stereocenters. The minimum atomic E-state index is 0. The number of nitrogens with one attached hydrogen (secondary N) is 4. The standard InChI is InChI=1S/C15H34N4.4H2/c1-16-7-3-5-9-18-12-14-11-15(14)13-19-10-6-4-8-17-2;;;;/h14-19H,3-13H2,1-2H3;4*1H/t14-,15-;;;;/m1..../s1. The van der Waals surface area contributed by atoms with Crippen LogP contribution in [0, 0.1) is 11.8 Å². The van der Waals surface area contributed by atoms with E-state index in [0.717, 1.165) is 24.9 Å². The molecular weight excluding hydrogens is 236 g/mol. The van der Waals surface area contributed by atoms with Gasteiger partial charge in [0.05, 0.1) is 0 Å². The second-order valence-electron chi connectivity index (χ2n) is 5.79. The van der Waals surface area contributed by atoms with Crippen LogP contribution >= 0.6 is 0 Å². The molecule has 0 aromatic heterocycles. The van der Waals surface area contributed by atoms with Gasteiger partial charge in [-0.25, -0.2) is 0 Å². The molecule has 0 bridgehead atoms. The van der Waals surface area contributed by atoms with Gasteiger partial charge in [0.2, 0.25) is 0 Å². The molecule has 1 rings (SSSR count). The first kappa shape index (κ1) is 16.9. The van der Waals surface area contributed by atoms with Gasteiger partial charge in [-0.2, -0.15) is 0 Å². The predicted molar refractivity (Wildman–Crippen MR) is 92.1 cm³/mol. The van der Waals surface area contributed by atoms with Crippen LogP contribution in [0.2, 0.25) is 0 Å². The van der Waals surface area contributed by atoms with Crippen molar-refractivity contribution < 1.29 is 5.71 Å². The quantitative estimate of drug-likeness (QED) is 0.366. The highest BCUT2D eigenvalue weighted by Crippen LogP contribution is 2.36. The van der Waals surface area contributed by atoms with E-state index in [4.69, 9.17) is 0 Å². The summed E-state index contributed by atoms with van der Waals surface area (Å²) in [4.78, 5) is 0. The van der Waals surface area contributed by atoms with Gasteiger partial charge in [-0.15, -0.1) is 0 Å². The minimum Gasteiger partial charge on any atom is -0.320 e. The lowest BCUT2D eigenvalue weighted by molar-refractivity contribution is 0.535. The Morgan fingerprint density at radius 3 is 1.58 bits per heavy atom. The highest BCUT2D eigenvalue weighted by molar-refractivity contribution is 4.89. The summed E-state index contributed by atoms with van der Waals surface area (Å²) in [6.45, 7) is 7.11. The van der Waals surface area contributed by atoms with Crippen LogP contribution in [0.1, 0.15) is 37.8 Å². The normalized spacial score (nSPS) is 21.8. The van der Waals surface area contributed by atoms with Crippen LogP contribution in [0.15, 0.2) is 0 Å². The van der Waals surface area contributed by atoms with E-state index in [9.17, 15) is 0 Å². The van der Waals surface area contributed by atoms with E-state index in [1.807, 2.05) is 14.1 Å². The van der Waals surface area contributed by atoms with Gasteiger partial charge in [-0.05, 0) is 97.3 Å². The third kappa shape index (κ3) is 9.38. The molecule has 0 aliphatic heterocycles. The first-order chi connectivity index (χ1) is 9.38. The zero-order valence-corrected chi connectivity index (χ0v) is 12.9. The van der Waals surface area contributed by atoms with Gasteiger partial charge < -0.3 is 21.3 Å².